The molecule has 0 saturated heterocycles. The number of esters is 1. The summed E-state index contributed by atoms with van der Waals surface area (Å²) in [6, 6.07) is 2.00. The van der Waals surface area contributed by atoms with Gasteiger partial charge in [-0.05, 0) is 18.9 Å². The lowest BCUT2D eigenvalue weighted by Crippen LogP contribution is -2.10. The SMILES string of the molecule is CCCCCCOC(=O)c1cc([N+](=O)[O-])cc(C)c1F. The Morgan fingerprint density at radius 3 is 2.65 bits per heavy atom. The third kappa shape index (κ3) is 4.29. The van der Waals surface area contributed by atoms with Crippen molar-refractivity contribution in [1.82, 2.24) is 0 Å². The molecule has 0 unspecified atom stereocenters. The van der Waals surface area contributed by atoms with Crippen molar-refractivity contribution in [2.45, 2.75) is 39.5 Å². The van der Waals surface area contributed by atoms with Crippen LogP contribution in [0.2, 0.25) is 0 Å². The predicted molar refractivity (Wildman–Crippen MR) is 72.2 cm³/mol. The molecule has 20 heavy (non-hydrogen) atoms. The molecule has 6 heteroatoms. The summed E-state index contributed by atoms with van der Waals surface area (Å²) in [6.45, 7) is 3.63. The Labute approximate surface area is 116 Å². The summed E-state index contributed by atoms with van der Waals surface area (Å²) in [5, 5.41) is 10.7. The van der Waals surface area contributed by atoms with Gasteiger partial charge in [0.05, 0.1) is 11.5 Å². The van der Waals surface area contributed by atoms with Crippen LogP contribution in [-0.4, -0.2) is 17.5 Å². The van der Waals surface area contributed by atoms with Gasteiger partial charge in [-0.3, -0.25) is 10.1 Å². The molecule has 0 amide bonds. The Balaban J connectivity index is 2.74. The molecule has 0 aromatic heterocycles. The molecule has 0 aliphatic carbocycles. The quantitative estimate of drug-likeness (QED) is 0.330. The maximum absolute atomic E-state index is 13.8. The van der Waals surface area contributed by atoms with Gasteiger partial charge in [0, 0.05) is 12.1 Å². The van der Waals surface area contributed by atoms with Crippen molar-refractivity contribution in [2.24, 2.45) is 0 Å². The molecule has 0 fully saturated rings. The molecule has 0 atom stereocenters. The van der Waals surface area contributed by atoms with Crippen LogP contribution in [0.1, 0.15) is 48.5 Å². The fourth-order valence-electron chi connectivity index (χ4n) is 1.78. The standard InChI is InChI=1S/C14H18FNO4/c1-3-4-5-6-7-20-14(17)12-9-11(16(18)19)8-10(2)13(12)15/h8-9H,3-7H2,1-2H3. The molecule has 0 aliphatic heterocycles. The van der Waals surface area contributed by atoms with Crippen molar-refractivity contribution in [3.05, 3.63) is 39.2 Å². The maximum atomic E-state index is 13.8. The van der Waals surface area contributed by atoms with Gasteiger partial charge >= 0.3 is 5.97 Å². The number of nitro benzene ring substituents is 1. The number of carbonyl (C=O) groups is 1. The Kier molecular flexibility index (Phi) is 6.09. The topological polar surface area (TPSA) is 69.4 Å². The molecule has 0 radical (unpaired) electrons. The minimum absolute atomic E-state index is 0.0529. The molecule has 0 saturated carbocycles. The van der Waals surface area contributed by atoms with Gasteiger partial charge in [-0.2, -0.15) is 0 Å². The number of hydrogen-bond donors (Lipinski definition) is 0. The van der Waals surface area contributed by atoms with E-state index in [9.17, 15) is 19.3 Å². The summed E-state index contributed by atoms with van der Waals surface area (Å²) in [5.41, 5.74) is -0.647. The largest absolute Gasteiger partial charge is 0.462 e. The smallest absolute Gasteiger partial charge is 0.341 e. The van der Waals surface area contributed by atoms with Crippen LogP contribution in [0, 0.1) is 22.9 Å². The maximum Gasteiger partial charge on any atom is 0.341 e. The number of aryl methyl sites for hydroxylation is 1. The molecule has 0 heterocycles. The first-order valence-corrected chi connectivity index (χ1v) is 6.59. The number of halogens is 1. The van der Waals surface area contributed by atoms with Crippen molar-refractivity contribution in [3.63, 3.8) is 0 Å². The van der Waals surface area contributed by atoms with Crippen molar-refractivity contribution < 1.29 is 18.8 Å². The molecule has 0 aliphatic rings. The van der Waals surface area contributed by atoms with Crippen LogP contribution >= 0.6 is 0 Å². The van der Waals surface area contributed by atoms with Crippen LogP contribution in [-0.2, 0) is 4.74 Å². The second kappa shape index (κ2) is 7.57. The second-order valence-corrected chi connectivity index (χ2v) is 4.58. The number of carbonyl (C=O) groups excluding carboxylic acids is 1. The zero-order valence-corrected chi connectivity index (χ0v) is 11.6. The highest BCUT2D eigenvalue weighted by Gasteiger charge is 2.20. The van der Waals surface area contributed by atoms with Crippen molar-refractivity contribution in [2.75, 3.05) is 6.61 Å². The average molecular weight is 283 g/mol. The first kappa shape index (κ1) is 16.1. The normalized spacial score (nSPS) is 10.3. The summed E-state index contributed by atoms with van der Waals surface area (Å²) in [4.78, 5) is 21.8. The Morgan fingerprint density at radius 1 is 1.35 bits per heavy atom. The summed E-state index contributed by atoms with van der Waals surface area (Å²) < 4.78 is 18.7. The molecule has 110 valence electrons. The van der Waals surface area contributed by atoms with Gasteiger partial charge in [0.15, 0.2) is 0 Å². The number of benzene rings is 1. The van der Waals surface area contributed by atoms with E-state index in [0.29, 0.717) is 6.42 Å². The van der Waals surface area contributed by atoms with Crippen molar-refractivity contribution >= 4 is 11.7 Å². The molecule has 0 N–H and O–H groups in total. The second-order valence-electron chi connectivity index (χ2n) is 4.58. The monoisotopic (exact) mass is 283 g/mol. The van der Waals surface area contributed by atoms with Crippen molar-refractivity contribution in [1.29, 1.82) is 0 Å². The van der Waals surface area contributed by atoms with E-state index in [1.54, 1.807) is 0 Å². The number of non-ortho nitro benzene ring substituents is 1. The molecule has 0 bridgehead atoms. The van der Waals surface area contributed by atoms with Crippen molar-refractivity contribution in [3.8, 4) is 0 Å². The minimum Gasteiger partial charge on any atom is -0.462 e. The fourth-order valence-corrected chi connectivity index (χ4v) is 1.78. The van der Waals surface area contributed by atoms with Crippen LogP contribution < -0.4 is 0 Å². The third-order valence-electron chi connectivity index (χ3n) is 2.90. The Morgan fingerprint density at radius 2 is 2.05 bits per heavy atom. The van der Waals surface area contributed by atoms with E-state index in [2.05, 4.69) is 6.92 Å². The lowest BCUT2D eigenvalue weighted by Gasteiger charge is -2.07. The van der Waals surface area contributed by atoms with Gasteiger partial charge in [-0.1, -0.05) is 26.2 Å². The van der Waals surface area contributed by atoms with Gasteiger partial charge in [0.25, 0.3) is 5.69 Å². The summed E-state index contributed by atoms with van der Waals surface area (Å²) in [5.74, 6) is -1.63. The van der Waals surface area contributed by atoms with Crippen LogP contribution in [0.25, 0.3) is 0 Å². The number of ether oxygens (including phenoxy) is 1. The summed E-state index contributed by atoms with van der Waals surface area (Å²) >= 11 is 0. The number of rotatable bonds is 7. The van der Waals surface area contributed by atoms with Gasteiger partial charge in [0.2, 0.25) is 0 Å². The minimum atomic E-state index is -0.856. The first-order valence-electron chi connectivity index (χ1n) is 6.59. The highest BCUT2D eigenvalue weighted by molar-refractivity contribution is 5.90. The number of unbranched alkanes of at least 4 members (excludes halogenated alkanes) is 3. The molecule has 5 nitrogen and oxygen atoms in total. The van der Waals surface area contributed by atoms with Crippen LogP contribution in [0.15, 0.2) is 12.1 Å². The lowest BCUT2D eigenvalue weighted by atomic mass is 10.1. The summed E-state index contributed by atoms with van der Waals surface area (Å²) in [7, 11) is 0. The molecule has 1 aromatic rings. The van der Waals surface area contributed by atoms with Gasteiger partial charge < -0.3 is 4.74 Å². The van der Waals surface area contributed by atoms with E-state index < -0.39 is 16.7 Å². The van der Waals surface area contributed by atoms with Gasteiger partial charge in [0.1, 0.15) is 11.4 Å². The van der Waals surface area contributed by atoms with Crippen LogP contribution in [0.5, 0.6) is 0 Å². The molecule has 1 rings (SSSR count). The van der Waals surface area contributed by atoms with Crippen LogP contribution in [0.3, 0.4) is 0 Å². The van der Waals surface area contributed by atoms with Gasteiger partial charge in [-0.25, -0.2) is 9.18 Å². The number of hydrogen-bond acceptors (Lipinski definition) is 4. The molecular weight excluding hydrogens is 265 g/mol. The van der Waals surface area contributed by atoms with E-state index in [-0.39, 0.29) is 23.4 Å². The van der Waals surface area contributed by atoms with E-state index in [4.69, 9.17) is 4.74 Å². The van der Waals surface area contributed by atoms with E-state index in [1.807, 2.05) is 0 Å². The van der Waals surface area contributed by atoms with E-state index >= 15 is 0 Å². The molecule has 0 spiro atoms. The van der Waals surface area contributed by atoms with E-state index in [0.717, 1.165) is 31.4 Å². The highest BCUT2D eigenvalue weighted by atomic mass is 19.1. The highest BCUT2D eigenvalue weighted by Crippen LogP contribution is 2.21. The molecular formula is C14H18FNO4. The third-order valence-corrected chi connectivity index (χ3v) is 2.90. The number of nitrogens with zero attached hydrogens (tertiary/aromatic N) is 1. The first-order chi connectivity index (χ1) is 9.47. The lowest BCUT2D eigenvalue weighted by molar-refractivity contribution is -0.385. The van der Waals surface area contributed by atoms with E-state index in [1.165, 1.54) is 6.92 Å². The predicted octanol–water partition coefficient (Wildman–Crippen LogP) is 3.78. The Bertz CT molecular complexity index is 502. The zero-order valence-electron chi connectivity index (χ0n) is 11.6. The summed E-state index contributed by atoms with van der Waals surface area (Å²) in [6.07, 6.45) is 3.74. The Hall–Kier alpha value is -1.98. The zero-order chi connectivity index (χ0) is 15.1. The van der Waals surface area contributed by atoms with Crippen LogP contribution in [0.4, 0.5) is 10.1 Å². The number of nitro groups is 1. The molecule has 1 aromatic carbocycles. The van der Waals surface area contributed by atoms with Gasteiger partial charge in [-0.15, -0.1) is 0 Å². The average Bonchev–Trinajstić information content (AvgIpc) is 2.41. The fraction of sp³-hybridized carbons (Fsp3) is 0.500.